The highest BCUT2D eigenvalue weighted by Gasteiger charge is 2.43. The number of phosphoric acid groups is 3. The molecule has 2 aromatic heterocycles. The zero-order valence-electron chi connectivity index (χ0n) is 14.6. The molecule has 168 valence electrons. The number of rotatable bonds is 8. The van der Waals surface area contributed by atoms with E-state index in [-0.39, 0.29) is 12.2 Å². The Morgan fingerprint density at radius 2 is 1.83 bits per heavy atom. The molecule has 1 fully saturated rings. The number of anilines is 1. The average Bonchev–Trinajstić information content (AvgIpc) is 3.14. The molecule has 3 heterocycles. The normalized spacial score (nSPS) is 26.5. The second-order valence-corrected chi connectivity index (χ2v) is 10.3. The summed E-state index contributed by atoms with van der Waals surface area (Å²) < 4.78 is 52.3. The predicted octanol–water partition coefficient (Wildman–Crippen LogP) is -0.600. The topological polar surface area (TPSA) is 259 Å². The molecular formula is C10H16N5O12P3. The van der Waals surface area contributed by atoms with Crippen molar-refractivity contribution < 1.29 is 56.3 Å². The van der Waals surface area contributed by atoms with E-state index in [1.807, 2.05) is 0 Å². The van der Waals surface area contributed by atoms with Crippen LogP contribution in [-0.2, 0) is 31.6 Å². The van der Waals surface area contributed by atoms with Crippen molar-refractivity contribution in [2.75, 3.05) is 12.3 Å². The molecule has 17 nitrogen and oxygen atoms in total. The number of ether oxygens (including phenoxy) is 1. The number of aliphatic hydroxyl groups is 1. The summed E-state index contributed by atoms with van der Waals surface area (Å²) in [4.78, 5) is 47.4. The number of fused-ring (bicyclic) bond motifs is 1. The van der Waals surface area contributed by atoms with Crippen molar-refractivity contribution in [2.45, 2.75) is 24.9 Å². The number of hydrogen-bond donors (Lipinski definition) is 6. The molecule has 0 aliphatic carbocycles. The van der Waals surface area contributed by atoms with Crippen LogP contribution in [0.25, 0.3) is 11.2 Å². The highest BCUT2D eigenvalue weighted by molar-refractivity contribution is 7.66. The third kappa shape index (κ3) is 5.68. The molecule has 0 amide bonds. The van der Waals surface area contributed by atoms with Gasteiger partial charge in [-0.3, -0.25) is 9.09 Å². The number of hydrogen-bond acceptors (Lipinski definition) is 12. The molecule has 3 unspecified atom stereocenters. The molecule has 1 aliphatic heterocycles. The van der Waals surface area contributed by atoms with Crippen LogP contribution in [0.2, 0.25) is 0 Å². The number of aliphatic hydroxyl groups excluding tert-OH is 1. The monoisotopic (exact) mass is 491 g/mol. The number of nitrogens with zero attached hydrogens (tertiary/aromatic N) is 4. The maximum Gasteiger partial charge on any atom is 0.490 e. The minimum absolute atomic E-state index is 0.000206. The third-order valence-electron chi connectivity index (χ3n) is 3.72. The molecule has 1 saturated heterocycles. The van der Waals surface area contributed by atoms with Crippen molar-refractivity contribution in [1.82, 2.24) is 19.5 Å². The molecule has 0 saturated carbocycles. The Bertz CT molecular complexity index is 1070. The predicted molar refractivity (Wildman–Crippen MR) is 94.1 cm³/mol. The van der Waals surface area contributed by atoms with Gasteiger partial charge < -0.3 is 35.2 Å². The lowest BCUT2D eigenvalue weighted by atomic mass is 10.2. The fourth-order valence-electron chi connectivity index (χ4n) is 2.59. The first kappa shape index (κ1) is 23.3. The summed E-state index contributed by atoms with van der Waals surface area (Å²) in [5, 5.41) is 10.1. The maximum absolute atomic E-state index is 11.8. The minimum atomic E-state index is -5.64. The fraction of sp³-hybridized carbons (Fsp3) is 0.500. The van der Waals surface area contributed by atoms with Crippen LogP contribution in [0.5, 0.6) is 0 Å². The van der Waals surface area contributed by atoms with Crippen LogP contribution in [0.1, 0.15) is 12.6 Å². The molecule has 0 radical (unpaired) electrons. The summed E-state index contributed by atoms with van der Waals surface area (Å²) in [7, 11) is -16.5. The van der Waals surface area contributed by atoms with Gasteiger partial charge in [-0.15, -0.1) is 0 Å². The molecule has 5 atom stereocenters. The Hall–Kier alpha value is -1.32. The van der Waals surface area contributed by atoms with Gasteiger partial charge in [0.15, 0.2) is 11.5 Å². The lowest BCUT2D eigenvalue weighted by molar-refractivity contribution is -0.0423. The number of nitrogens with two attached hydrogens (primary N) is 1. The second-order valence-electron chi connectivity index (χ2n) is 5.90. The first-order chi connectivity index (χ1) is 13.8. The van der Waals surface area contributed by atoms with E-state index in [2.05, 4.69) is 28.1 Å². The Kier molecular flexibility index (Phi) is 6.47. The van der Waals surface area contributed by atoms with Crippen LogP contribution in [0, 0.1) is 0 Å². The number of phosphoric ester groups is 1. The van der Waals surface area contributed by atoms with Gasteiger partial charge in [-0.05, 0) is 0 Å². The summed E-state index contributed by atoms with van der Waals surface area (Å²) in [6.07, 6.45) is -0.643. The number of aromatic nitrogens is 4. The van der Waals surface area contributed by atoms with Crippen molar-refractivity contribution in [3.05, 3.63) is 12.7 Å². The van der Waals surface area contributed by atoms with Crippen molar-refractivity contribution in [2.24, 2.45) is 0 Å². The fourth-order valence-corrected chi connectivity index (χ4v) is 5.62. The zero-order chi connectivity index (χ0) is 22.3. The SMILES string of the molecule is Nc1ncnc2c1ncn2[C@H]1C[C@@H](O)C(COP(=O)(O)OP(=O)(O)OP(=O)(O)O)O1. The van der Waals surface area contributed by atoms with Crippen LogP contribution in [0.15, 0.2) is 12.7 Å². The first-order valence-electron chi connectivity index (χ1n) is 7.81. The minimum Gasteiger partial charge on any atom is -0.390 e. The average molecular weight is 491 g/mol. The zero-order valence-corrected chi connectivity index (χ0v) is 17.3. The van der Waals surface area contributed by atoms with Crippen LogP contribution in [0.3, 0.4) is 0 Å². The Balaban J connectivity index is 1.64. The summed E-state index contributed by atoms with van der Waals surface area (Å²) in [6.45, 7) is -0.787. The molecule has 1 aliphatic rings. The van der Waals surface area contributed by atoms with Gasteiger partial charge in [-0.1, -0.05) is 0 Å². The molecule has 2 aromatic rings. The Morgan fingerprint density at radius 3 is 2.50 bits per heavy atom. The second kappa shape index (κ2) is 8.31. The van der Waals surface area contributed by atoms with Crippen LogP contribution in [-0.4, -0.2) is 63.0 Å². The highest BCUT2D eigenvalue weighted by Crippen LogP contribution is 2.66. The van der Waals surface area contributed by atoms with Gasteiger partial charge in [0, 0.05) is 6.42 Å². The van der Waals surface area contributed by atoms with Crippen LogP contribution in [0.4, 0.5) is 5.82 Å². The van der Waals surface area contributed by atoms with E-state index in [1.165, 1.54) is 17.2 Å². The van der Waals surface area contributed by atoms with Gasteiger partial charge in [0.2, 0.25) is 0 Å². The maximum atomic E-state index is 11.8. The van der Waals surface area contributed by atoms with Crippen molar-refractivity contribution in [3.63, 3.8) is 0 Å². The van der Waals surface area contributed by atoms with Crippen molar-refractivity contribution >= 4 is 40.4 Å². The van der Waals surface area contributed by atoms with Gasteiger partial charge in [-0.25, -0.2) is 28.6 Å². The van der Waals surface area contributed by atoms with E-state index >= 15 is 0 Å². The third-order valence-corrected chi connectivity index (χ3v) is 7.52. The van der Waals surface area contributed by atoms with E-state index in [1.54, 1.807) is 0 Å². The molecule has 20 heteroatoms. The summed E-state index contributed by atoms with van der Waals surface area (Å²) in [6, 6.07) is 0. The highest BCUT2D eigenvalue weighted by atomic mass is 31.3. The molecule has 3 rings (SSSR count). The lowest BCUT2D eigenvalue weighted by Crippen LogP contribution is -2.26. The van der Waals surface area contributed by atoms with E-state index in [9.17, 15) is 23.7 Å². The lowest BCUT2D eigenvalue weighted by Gasteiger charge is -2.19. The summed E-state index contributed by atoms with van der Waals surface area (Å²) >= 11 is 0. The van der Waals surface area contributed by atoms with Crippen LogP contribution >= 0.6 is 23.5 Å². The largest absolute Gasteiger partial charge is 0.490 e. The van der Waals surface area contributed by atoms with E-state index in [0.717, 1.165) is 0 Å². The number of imidazole rings is 1. The molecule has 0 bridgehead atoms. The smallest absolute Gasteiger partial charge is 0.390 e. The van der Waals surface area contributed by atoms with Gasteiger partial charge in [0.05, 0.1) is 19.0 Å². The van der Waals surface area contributed by atoms with E-state index in [4.69, 9.17) is 25.2 Å². The molecular weight excluding hydrogens is 475 g/mol. The first-order valence-corrected chi connectivity index (χ1v) is 12.3. The number of nitrogen functional groups attached to an aromatic ring is 1. The molecule has 7 N–H and O–H groups in total. The van der Waals surface area contributed by atoms with Gasteiger partial charge >= 0.3 is 23.5 Å². The molecule has 0 spiro atoms. The molecule has 0 aromatic carbocycles. The summed E-state index contributed by atoms with van der Waals surface area (Å²) in [5.41, 5.74) is 6.31. The Labute approximate surface area is 166 Å². The quantitative estimate of drug-likeness (QED) is 0.252. The van der Waals surface area contributed by atoms with Gasteiger partial charge in [0.1, 0.15) is 24.2 Å². The van der Waals surface area contributed by atoms with E-state index < -0.39 is 48.5 Å². The molecule has 30 heavy (non-hydrogen) atoms. The Morgan fingerprint density at radius 1 is 1.13 bits per heavy atom. The van der Waals surface area contributed by atoms with Crippen molar-refractivity contribution in [1.29, 1.82) is 0 Å². The standard InChI is InChI=1S/C10H16N5O12P3/c11-9-8-10(13-3-12-9)15(4-14-8)7-1-5(16)6(25-7)2-24-29(20,21)27-30(22,23)26-28(17,18)19/h3-7,16H,1-2H2,(H,20,21)(H,22,23)(H2,11,12,13)(H2,17,18,19)/t5-,6?,7-/m1/s1. The van der Waals surface area contributed by atoms with Crippen molar-refractivity contribution in [3.8, 4) is 0 Å². The van der Waals surface area contributed by atoms with Gasteiger partial charge in [0.25, 0.3) is 0 Å². The van der Waals surface area contributed by atoms with E-state index in [0.29, 0.717) is 11.2 Å². The summed E-state index contributed by atoms with van der Waals surface area (Å²) in [5.74, 6) is 0.126. The van der Waals surface area contributed by atoms with Crippen LogP contribution < -0.4 is 5.73 Å². The van der Waals surface area contributed by atoms with Gasteiger partial charge in [-0.2, -0.15) is 8.62 Å².